The van der Waals surface area contributed by atoms with Crippen LogP contribution in [-0.2, 0) is 9.53 Å². The quantitative estimate of drug-likeness (QED) is 0.583. The van der Waals surface area contributed by atoms with Crippen molar-refractivity contribution in [3.05, 3.63) is 23.8 Å². The Morgan fingerprint density at radius 1 is 1.21 bits per heavy atom. The lowest BCUT2D eigenvalue weighted by Crippen LogP contribution is -2.26. The summed E-state index contributed by atoms with van der Waals surface area (Å²) in [5, 5.41) is 0. The molecule has 0 saturated heterocycles. The van der Waals surface area contributed by atoms with Gasteiger partial charge in [-0.2, -0.15) is 0 Å². The van der Waals surface area contributed by atoms with Crippen LogP contribution in [0.15, 0.2) is 18.2 Å². The number of hydrogen-bond acceptors (Lipinski definition) is 5. The van der Waals surface area contributed by atoms with Crippen LogP contribution >= 0.6 is 0 Å². The maximum atomic E-state index is 12.3. The molecule has 0 amide bonds. The standard InChI is InChI=1S/C14H18O5/c1-5-11(19-9(2)15)13(16)10-7-6-8-12(17-3)14(10)18-4/h6-8,11H,5H2,1-4H3. The molecule has 0 radical (unpaired) electrons. The molecule has 19 heavy (non-hydrogen) atoms. The summed E-state index contributed by atoms with van der Waals surface area (Å²) in [6.45, 7) is 3.05. The summed E-state index contributed by atoms with van der Waals surface area (Å²) in [5.41, 5.74) is 0.343. The minimum absolute atomic E-state index is 0.298. The van der Waals surface area contributed by atoms with Gasteiger partial charge < -0.3 is 14.2 Å². The third-order valence-electron chi connectivity index (χ3n) is 2.64. The normalized spacial score (nSPS) is 11.6. The zero-order chi connectivity index (χ0) is 14.4. The van der Waals surface area contributed by atoms with Crippen LogP contribution in [0.5, 0.6) is 11.5 Å². The highest BCUT2D eigenvalue weighted by atomic mass is 16.5. The van der Waals surface area contributed by atoms with Crippen LogP contribution in [0.25, 0.3) is 0 Å². The van der Waals surface area contributed by atoms with Crippen molar-refractivity contribution in [3.8, 4) is 11.5 Å². The maximum absolute atomic E-state index is 12.3. The number of Topliss-reactive ketones (excluding diaryl/α,β-unsaturated/α-hetero) is 1. The lowest BCUT2D eigenvalue weighted by Gasteiger charge is -2.17. The van der Waals surface area contributed by atoms with Gasteiger partial charge in [-0.05, 0) is 18.6 Å². The van der Waals surface area contributed by atoms with E-state index in [1.165, 1.54) is 21.1 Å². The summed E-state index contributed by atoms with van der Waals surface area (Å²) in [5.74, 6) is 0.0298. The molecule has 1 atom stereocenters. The predicted octanol–water partition coefficient (Wildman–Crippen LogP) is 2.23. The van der Waals surface area contributed by atoms with Crippen molar-refractivity contribution in [2.75, 3.05) is 14.2 Å². The summed E-state index contributed by atoms with van der Waals surface area (Å²) in [7, 11) is 2.96. The monoisotopic (exact) mass is 266 g/mol. The van der Waals surface area contributed by atoms with E-state index in [0.29, 0.717) is 23.5 Å². The van der Waals surface area contributed by atoms with Gasteiger partial charge in [0.15, 0.2) is 17.6 Å². The number of ether oxygens (including phenoxy) is 3. The zero-order valence-electron chi connectivity index (χ0n) is 11.6. The number of para-hydroxylation sites is 1. The molecule has 104 valence electrons. The molecule has 5 nitrogen and oxygen atoms in total. The largest absolute Gasteiger partial charge is 0.493 e. The van der Waals surface area contributed by atoms with Gasteiger partial charge in [-0.15, -0.1) is 0 Å². The average Bonchev–Trinajstić information content (AvgIpc) is 2.42. The molecule has 0 heterocycles. The van der Waals surface area contributed by atoms with Crippen molar-refractivity contribution in [1.82, 2.24) is 0 Å². The highest BCUT2D eigenvalue weighted by Gasteiger charge is 2.25. The Morgan fingerprint density at radius 2 is 1.89 bits per heavy atom. The van der Waals surface area contributed by atoms with Gasteiger partial charge in [-0.3, -0.25) is 9.59 Å². The number of rotatable bonds is 6. The van der Waals surface area contributed by atoms with Crippen molar-refractivity contribution < 1.29 is 23.8 Å². The summed E-state index contributed by atoms with van der Waals surface area (Å²) in [4.78, 5) is 23.3. The summed E-state index contributed by atoms with van der Waals surface area (Å²) >= 11 is 0. The van der Waals surface area contributed by atoms with Crippen LogP contribution in [0, 0.1) is 0 Å². The van der Waals surface area contributed by atoms with Gasteiger partial charge in [0.25, 0.3) is 0 Å². The molecule has 0 aliphatic heterocycles. The minimum atomic E-state index is -0.807. The zero-order valence-corrected chi connectivity index (χ0v) is 11.6. The van der Waals surface area contributed by atoms with Crippen LogP contribution in [0.4, 0.5) is 0 Å². The van der Waals surface area contributed by atoms with E-state index >= 15 is 0 Å². The smallest absolute Gasteiger partial charge is 0.303 e. The fourth-order valence-electron chi connectivity index (χ4n) is 1.78. The summed E-state index contributed by atoms with van der Waals surface area (Å²) < 4.78 is 15.3. The molecule has 1 aromatic carbocycles. The van der Waals surface area contributed by atoms with E-state index in [-0.39, 0.29) is 5.78 Å². The molecule has 1 unspecified atom stereocenters. The van der Waals surface area contributed by atoms with Gasteiger partial charge in [0.05, 0.1) is 19.8 Å². The van der Waals surface area contributed by atoms with Gasteiger partial charge in [0, 0.05) is 6.92 Å². The van der Waals surface area contributed by atoms with E-state index < -0.39 is 12.1 Å². The van der Waals surface area contributed by atoms with Crippen molar-refractivity contribution in [1.29, 1.82) is 0 Å². The molecule has 0 aliphatic carbocycles. The fraction of sp³-hybridized carbons (Fsp3) is 0.429. The first-order chi connectivity index (χ1) is 9.04. The molecule has 1 rings (SSSR count). The summed E-state index contributed by atoms with van der Waals surface area (Å²) in [6.07, 6.45) is -0.405. The van der Waals surface area contributed by atoms with Crippen molar-refractivity contribution in [2.45, 2.75) is 26.4 Å². The second kappa shape index (κ2) is 6.78. The minimum Gasteiger partial charge on any atom is -0.493 e. The number of methoxy groups -OCH3 is 2. The Bertz CT molecular complexity index is 467. The second-order valence-corrected chi connectivity index (χ2v) is 3.91. The lowest BCUT2D eigenvalue weighted by molar-refractivity contribution is -0.144. The van der Waals surface area contributed by atoms with E-state index in [1.54, 1.807) is 25.1 Å². The van der Waals surface area contributed by atoms with Gasteiger partial charge in [0.2, 0.25) is 5.78 Å². The molecule has 1 aromatic rings. The molecule has 0 saturated carbocycles. The third-order valence-corrected chi connectivity index (χ3v) is 2.64. The van der Waals surface area contributed by atoms with Gasteiger partial charge >= 0.3 is 5.97 Å². The first kappa shape index (κ1) is 15.0. The van der Waals surface area contributed by atoms with E-state index in [9.17, 15) is 9.59 Å². The summed E-state index contributed by atoms with van der Waals surface area (Å²) in [6, 6.07) is 5.01. The van der Waals surface area contributed by atoms with Crippen LogP contribution in [-0.4, -0.2) is 32.1 Å². The van der Waals surface area contributed by atoms with E-state index in [1.807, 2.05) is 0 Å². The Balaban J connectivity index is 3.13. The lowest BCUT2D eigenvalue weighted by atomic mass is 10.0. The highest BCUT2D eigenvalue weighted by Crippen LogP contribution is 2.32. The molecular weight excluding hydrogens is 248 g/mol. The Morgan fingerprint density at radius 3 is 2.37 bits per heavy atom. The number of carbonyl (C=O) groups excluding carboxylic acids is 2. The number of benzene rings is 1. The second-order valence-electron chi connectivity index (χ2n) is 3.91. The SMILES string of the molecule is CCC(OC(C)=O)C(=O)c1cccc(OC)c1OC. The van der Waals surface area contributed by atoms with E-state index in [4.69, 9.17) is 14.2 Å². The van der Waals surface area contributed by atoms with Crippen molar-refractivity contribution in [2.24, 2.45) is 0 Å². The molecule has 0 bridgehead atoms. The molecular formula is C14H18O5. The maximum Gasteiger partial charge on any atom is 0.303 e. The van der Waals surface area contributed by atoms with Crippen molar-refractivity contribution >= 4 is 11.8 Å². The van der Waals surface area contributed by atoms with Crippen molar-refractivity contribution in [3.63, 3.8) is 0 Å². The van der Waals surface area contributed by atoms with Crippen LogP contribution in [0.2, 0.25) is 0 Å². The molecule has 5 heteroatoms. The number of carbonyl (C=O) groups is 2. The molecule has 0 fully saturated rings. The Labute approximate surface area is 112 Å². The molecule has 0 aliphatic rings. The van der Waals surface area contributed by atoms with E-state index in [2.05, 4.69) is 0 Å². The van der Waals surface area contributed by atoms with Crippen LogP contribution in [0.3, 0.4) is 0 Å². The number of hydrogen-bond donors (Lipinski definition) is 0. The highest BCUT2D eigenvalue weighted by molar-refractivity contribution is 6.03. The van der Waals surface area contributed by atoms with Crippen LogP contribution in [0.1, 0.15) is 30.6 Å². The Kier molecular flexibility index (Phi) is 5.36. The topological polar surface area (TPSA) is 61.8 Å². The average molecular weight is 266 g/mol. The predicted molar refractivity (Wildman–Crippen MR) is 69.7 cm³/mol. The first-order valence-corrected chi connectivity index (χ1v) is 5.97. The van der Waals surface area contributed by atoms with Gasteiger partial charge in [-0.25, -0.2) is 0 Å². The molecule has 0 N–H and O–H groups in total. The van der Waals surface area contributed by atoms with E-state index in [0.717, 1.165) is 0 Å². The molecule has 0 spiro atoms. The Hall–Kier alpha value is -2.04. The van der Waals surface area contributed by atoms with Gasteiger partial charge in [-0.1, -0.05) is 13.0 Å². The van der Waals surface area contributed by atoms with Crippen LogP contribution < -0.4 is 9.47 Å². The van der Waals surface area contributed by atoms with Gasteiger partial charge in [0.1, 0.15) is 0 Å². The number of ketones is 1. The molecule has 0 aromatic heterocycles. The number of esters is 1. The third kappa shape index (κ3) is 3.47. The first-order valence-electron chi connectivity index (χ1n) is 5.97. The fourth-order valence-corrected chi connectivity index (χ4v) is 1.78.